The van der Waals surface area contributed by atoms with Gasteiger partial charge in [-0.05, 0) is 31.0 Å². The van der Waals surface area contributed by atoms with Crippen LogP contribution in [0.2, 0.25) is 0 Å². The molecule has 2 atom stereocenters. The van der Waals surface area contributed by atoms with Crippen LogP contribution in [0.25, 0.3) is 16.9 Å². The van der Waals surface area contributed by atoms with Crippen molar-refractivity contribution in [1.29, 1.82) is 0 Å². The second-order valence-electron chi connectivity index (χ2n) is 6.14. The highest BCUT2D eigenvalue weighted by atomic mass is 16.6. The molecule has 1 N–H and O–H groups in total. The summed E-state index contributed by atoms with van der Waals surface area (Å²) in [6, 6.07) is 7.72. The van der Waals surface area contributed by atoms with Crippen LogP contribution in [0.5, 0.6) is 0 Å². The zero-order valence-electron chi connectivity index (χ0n) is 13.7. The summed E-state index contributed by atoms with van der Waals surface area (Å²) >= 11 is 0. The average molecular weight is 356 g/mol. The molecule has 9 heteroatoms. The fourth-order valence-electron chi connectivity index (χ4n) is 3.14. The number of ether oxygens (including phenoxy) is 1. The Kier molecular flexibility index (Phi) is 4.02. The van der Waals surface area contributed by atoms with Crippen LogP contribution < -0.4 is 5.69 Å². The molecule has 4 rings (SSSR count). The normalized spacial score (nSPS) is 19.9. The van der Waals surface area contributed by atoms with E-state index in [2.05, 4.69) is 4.98 Å². The molecule has 0 bridgehead atoms. The van der Waals surface area contributed by atoms with Gasteiger partial charge in [0.05, 0.1) is 23.3 Å². The number of rotatable bonds is 4. The molecule has 0 spiro atoms. The maximum absolute atomic E-state index is 12.8. The number of hydrogen-bond donors (Lipinski definition) is 1. The summed E-state index contributed by atoms with van der Waals surface area (Å²) in [5.74, 6) is 0. The summed E-state index contributed by atoms with van der Waals surface area (Å²) in [5.41, 5.74) is 1.43. The molecule has 0 aliphatic carbocycles. The first-order valence-electron chi connectivity index (χ1n) is 8.18. The number of imidazole rings is 1. The minimum absolute atomic E-state index is 0.00307. The highest BCUT2D eigenvalue weighted by Crippen LogP contribution is 2.27. The summed E-state index contributed by atoms with van der Waals surface area (Å²) in [6.45, 7) is -0.0666. The van der Waals surface area contributed by atoms with Gasteiger partial charge in [0.1, 0.15) is 11.9 Å². The van der Waals surface area contributed by atoms with Crippen molar-refractivity contribution >= 4 is 11.3 Å². The van der Waals surface area contributed by atoms with E-state index in [9.17, 15) is 20.0 Å². The Balaban J connectivity index is 1.70. The molecule has 0 amide bonds. The zero-order valence-corrected chi connectivity index (χ0v) is 13.7. The van der Waals surface area contributed by atoms with Crippen molar-refractivity contribution in [3.63, 3.8) is 0 Å². The third-order valence-corrected chi connectivity index (χ3v) is 4.52. The van der Waals surface area contributed by atoms with Crippen molar-refractivity contribution in [2.75, 3.05) is 6.61 Å². The van der Waals surface area contributed by atoms with Gasteiger partial charge in [-0.3, -0.25) is 19.1 Å². The second kappa shape index (κ2) is 6.36. The van der Waals surface area contributed by atoms with E-state index < -0.39 is 11.2 Å². The molecule has 3 heterocycles. The third-order valence-electron chi connectivity index (χ3n) is 4.52. The van der Waals surface area contributed by atoms with Crippen LogP contribution in [0, 0.1) is 10.1 Å². The van der Waals surface area contributed by atoms with E-state index in [4.69, 9.17) is 4.74 Å². The Morgan fingerprint density at radius 2 is 2.04 bits per heavy atom. The van der Waals surface area contributed by atoms with Crippen molar-refractivity contribution < 1.29 is 14.8 Å². The Hall–Kier alpha value is -3.04. The van der Waals surface area contributed by atoms with E-state index >= 15 is 0 Å². The number of fused-ring (bicyclic) bond motifs is 1. The molecule has 134 valence electrons. The lowest BCUT2D eigenvalue weighted by atomic mass is 10.1. The zero-order chi connectivity index (χ0) is 18.3. The number of nitro groups is 1. The third kappa shape index (κ3) is 2.76. The van der Waals surface area contributed by atoms with E-state index in [0.29, 0.717) is 29.7 Å². The molecule has 3 aromatic rings. The molecule has 1 aliphatic rings. The minimum Gasteiger partial charge on any atom is -0.394 e. The maximum atomic E-state index is 12.8. The summed E-state index contributed by atoms with van der Waals surface area (Å²) < 4.78 is 8.58. The largest absolute Gasteiger partial charge is 0.394 e. The predicted octanol–water partition coefficient (Wildman–Crippen LogP) is 1.74. The van der Waals surface area contributed by atoms with Gasteiger partial charge in [0.2, 0.25) is 0 Å². The second-order valence-corrected chi connectivity index (χ2v) is 6.14. The van der Waals surface area contributed by atoms with Crippen LogP contribution in [-0.2, 0) is 4.74 Å². The summed E-state index contributed by atoms with van der Waals surface area (Å²) in [5, 5.41) is 19.9. The van der Waals surface area contributed by atoms with E-state index in [1.807, 2.05) is 0 Å². The number of hydrogen-bond acceptors (Lipinski definition) is 6. The van der Waals surface area contributed by atoms with Crippen LogP contribution in [0.3, 0.4) is 0 Å². The molecule has 0 saturated carbocycles. The highest BCUT2D eigenvalue weighted by Gasteiger charge is 2.27. The lowest BCUT2D eigenvalue weighted by Crippen LogP contribution is -2.29. The predicted molar refractivity (Wildman–Crippen MR) is 91.8 cm³/mol. The van der Waals surface area contributed by atoms with Gasteiger partial charge in [-0.1, -0.05) is 0 Å². The number of aromatic nitrogens is 3. The molecule has 2 aromatic heterocycles. The lowest BCUT2D eigenvalue weighted by Gasteiger charge is -2.14. The Bertz CT molecular complexity index is 1020. The van der Waals surface area contributed by atoms with Crippen LogP contribution >= 0.6 is 0 Å². The molecular weight excluding hydrogens is 340 g/mol. The van der Waals surface area contributed by atoms with Gasteiger partial charge in [0, 0.05) is 30.1 Å². The summed E-state index contributed by atoms with van der Waals surface area (Å²) in [4.78, 5) is 27.5. The van der Waals surface area contributed by atoms with E-state index in [1.54, 1.807) is 30.6 Å². The van der Waals surface area contributed by atoms with Gasteiger partial charge in [-0.2, -0.15) is 0 Å². The quantitative estimate of drug-likeness (QED) is 0.563. The summed E-state index contributed by atoms with van der Waals surface area (Å²) in [6.07, 6.45) is 3.93. The number of nitrogens with zero attached hydrogens (tertiary/aromatic N) is 4. The van der Waals surface area contributed by atoms with Crippen LogP contribution in [0.15, 0.2) is 47.5 Å². The fraction of sp³-hybridized carbons (Fsp3) is 0.294. The Morgan fingerprint density at radius 3 is 2.69 bits per heavy atom. The van der Waals surface area contributed by atoms with Gasteiger partial charge in [0.25, 0.3) is 5.69 Å². The smallest absolute Gasteiger partial charge is 0.336 e. The fourth-order valence-corrected chi connectivity index (χ4v) is 3.14. The molecule has 26 heavy (non-hydrogen) atoms. The first-order chi connectivity index (χ1) is 12.6. The molecule has 9 nitrogen and oxygen atoms in total. The topological polar surface area (TPSA) is 112 Å². The molecule has 1 fully saturated rings. The van der Waals surface area contributed by atoms with Crippen LogP contribution in [-0.4, -0.2) is 36.7 Å². The van der Waals surface area contributed by atoms with Gasteiger partial charge in [-0.25, -0.2) is 9.78 Å². The standard InChI is InChI=1S/C17H16N4O5/c22-10-13-5-6-16(26-13)19-8-7-15-18-14(9-20(15)17(19)23)11-1-3-12(4-2-11)21(24)25/h1-4,7-9,13,16,22H,5-6,10H2/t13-,16-/m0/s1. The molecule has 0 unspecified atom stereocenters. The number of benzene rings is 1. The van der Waals surface area contributed by atoms with Crippen LogP contribution in [0.1, 0.15) is 19.1 Å². The SMILES string of the molecule is O=c1n([C@@H]2CC[C@@H](CO)O2)ccc2nc(-c3ccc([N+](=O)[O-])cc3)cn12. The Labute approximate surface area is 147 Å². The molecule has 1 aliphatic heterocycles. The van der Waals surface area contributed by atoms with Gasteiger partial charge < -0.3 is 9.84 Å². The average Bonchev–Trinajstić information content (AvgIpc) is 3.29. The van der Waals surface area contributed by atoms with E-state index in [1.165, 1.54) is 21.1 Å². The van der Waals surface area contributed by atoms with Crippen molar-refractivity contribution in [3.8, 4) is 11.3 Å². The number of nitro benzene ring substituents is 1. The number of aliphatic hydroxyl groups excluding tert-OH is 1. The van der Waals surface area contributed by atoms with Crippen molar-refractivity contribution in [2.24, 2.45) is 0 Å². The Morgan fingerprint density at radius 1 is 1.27 bits per heavy atom. The summed E-state index contributed by atoms with van der Waals surface area (Å²) in [7, 11) is 0. The van der Waals surface area contributed by atoms with Crippen molar-refractivity contribution in [2.45, 2.75) is 25.2 Å². The minimum atomic E-state index is -0.465. The number of non-ortho nitro benzene ring substituents is 1. The van der Waals surface area contributed by atoms with Gasteiger partial charge in [-0.15, -0.1) is 0 Å². The van der Waals surface area contributed by atoms with E-state index in [-0.39, 0.29) is 24.1 Å². The molecular formula is C17H16N4O5. The first-order valence-corrected chi connectivity index (χ1v) is 8.18. The maximum Gasteiger partial charge on any atom is 0.336 e. The lowest BCUT2D eigenvalue weighted by molar-refractivity contribution is -0.384. The first kappa shape index (κ1) is 16.4. The molecule has 1 aromatic carbocycles. The monoisotopic (exact) mass is 356 g/mol. The highest BCUT2D eigenvalue weighted by molar-refractivity contribution is 5.63. The number of aliphatic hydroxyl groups is 1. The molecule has 0 radical (unpaired) electrons. The van der Waals surface area contributed by atoms with Crippen LogP contribution in [0.4, 0.5) is 5.69 Å². The van der Waals surface area contributed by atoms with Crippen molar-refractivity contribution in [1.82, 2.24) is 14.0 Å². The van der Waals surface area contributed by atoms with E-state index in [0.717, 1.165) is 0 Å². The van der Waals surface area contributed by atoms with Gasteiger partial charge >= 0.3 is 5.69 Å². The van der Waals surface area contributed by atoms with Gasteiger partial charge in [0.15, 0.2) is 0 Å². The van der Waals surface area contributed by atoms with Crippen molar-refractivity contribution in [3.05, 3.63) is 63.3 Å². The molecule has 1 saturated heterocycles.